The van der Waals surface area contributed by atoms with Crippen LogP contribution >= 0.6 is 15.9 Å². The Labute approximate surface area is 143 Å². The molecule has 6 heteroatoms. The minimum absolute atomic E-state index is 0.000994. The van der Waals surface area contributed by atoms with Crippen LogP contribution in [0.5, 0.6) is 5.88 Å². The minimum Gasteiger partial charge on any atom is -0.470 e. The third-order valence-corrected chi connectivity index (χ3v) is 4.27. The summed E-state index contributed by atoms with van der Waals surface area (Å²) < 4.78 is 6.58. The molecule has 3 rings (SSSR count). The molecule has 0 saturated carbocycles. The molecule has 1 aliphatic heterocycles. The number of benzene rings is 1. The monoisotopic (exact) mass is 375 g/mol. The molecule has 0 unspecified atom stereocenters. The standard InChI is InChI=1S/C17H18BrN3O2/c18-15-7-4-9-19-16(15)23-14-11-21(12-14)17(22)20-10-8-13-5-2-1-3-6-13/h1-7,9,14H,8,10-12H2,(H,20,22). The van der Waals surface area contributed by atoms with Gasteiger partial charge < -0.3 is 15.0 Å². The molecule has 2 amide bonds. The highest BCUT2D eigenvalue weighted by Gasteiger charge is 2.32. The second-order valence-electron chi connectivity index (χ2n) is 5.40. The Hall–Kier alpha value is -2.08. The third-order valence-electron chi connectivity index (χ3n) is 3.67. The number of carbonyl (C=O) groups excluding carboxylic acids is 1. The summed E-state index contributed by atoms with van der Waals surface area (Å²) in [7, 11) is 0. The van der Waals surface area contributed by atoms with Gasteiger partial charge in [0.05, 0.1) is 17.6 Å². The van der Waals surface area contributed by atoms with E-state index in [1.54, 1.807) is 11.1 Å². The molecule has 1 aromatic carbocycles. The maximum absolute atomic E-state index is 12.0. The van der Waals surface area contributed by atoms with Crippen LogP contribution in [0.1, 0.15) is 5.56 Å². The first kappa shape index (κ1) is 15.8. The van der Waals surface area contributed by atoms with Gasteiger partial charge in [-0.25, -0.2) is 9.78 Å². The van der Waals surface area contributed by atoms with E-state index < -0.39 is 0 Å². The Balaban J connectivity index is 1.37. The molecule has 1 saturated heterocycles. The molecule has 0 aliphatic carbocycles. The van der Waals surface area contributed by atoms with Gasteiger partial charge in [0.25, 0.3) is 0 Å². The molecule has 0 atom stereocenters. The molecule has 2 aromatic rings. The molecular weight excluding hydrogens is 358 g/mol. The van der Waals surface area contributed by atoms with Gasteiger partial charge >= 0.3 is 6.03 Å². The van der Waals surface area contributed by atoms with E-state index in [0.717, 1.165) is 10.9 Å². The first-order chi connectivity index (χ1) is 11.2. The van der Waals surface area contributed by atoms with Crippen LogP contribution in [-0.4, -0.2) is 41.7 Å². The lowest BCUT2D eigenvalue weighted by Gasteiger charge is -2.38. The fourth-order valence-corrected chi connectivity index (χ4v) is 2.71. The number of hydrogen-bond donors (Lipinski definition) is 1. The average Bonchev–Trinajstić information content (AvgIpc) is 2.53. The number of rotatable bonds is 5. The summed E-state index contributed by atoms with van der Waals surface area (Å²) in [6.07, 6.45) is 2.52. The number of likely N-dealkylation sites (tertiary alicyclic amines) is 1. The largest absolute Gasteiger partial charge is 0.470 e. The summed E-state index contributed by atoms with van der Waals surface area (Å²) in [4.78, 5) is 17.9. The summed E-state index contributed by atoms with van der Waals surface area (Å²) >= 11 is 3.40. The first-order valence-corrected chi connectivity index (χ1v) is 8.35. The molecule has 1 aromatic heterocycles. The lowest BCUT2D eigenvalue weighted by atomic mass is 10.1. The first-order valence-electron chi connectivity index (χ1n) is 7.56. The van der Waals surface area contributed by atoms with Crippen LogP contribution in [0.2, 0.25) is 0 Å². The van der Waals surface area contributed by atoms with Crippen LogP contribution in [0.4, 0.5) is 4.79 Å². The van der Waals surface area contributed by atoms with Gasteiger partial charge in [0.15, 0.2) is 0 Å². The van der Waals surface area contributed by atoms with E-state index in [4.69, 9.17) is 4.74 Å². The molecule has 0 spiro atoms. The number of hydrogen-bond acceptors (Lipinski definition) is 3. The van der Waals surface area contributed by atoms with Crippen molar-refractivity contribution in [2.24, 2.45) is 0 Å². The van der Waals surface area contributed by atoms with Crippen molar-refractivity contribution in [3.05, 3.63) is 58.7 Å². The van der Waals surface area contributed by atoms with E-state index in [1.165, 1.54) is 5.56 Å². The topological polar surface area (TPSA) is 54.5 Å². The van der Waals surface area contributed by atoms with Crippen LogP contribution in [0.3, 0.4) is 0 Å². The fourth-order valence-electron chi connectivity index (χ4n) is 2.36. The van der Waals surface area contributed by atoms with Gasteiger partial charge in [0.2, 0.25) is 5.88 Å². The van der Waals surface area contributed by atoms with Gasteiger partial charge in [0.1, 0.15) is 6.10 Å². The quantitative estimate of drug-likeness (QED) is 0.873. The van der Waals surface area contributed by atoms with Gasteiger partial charge in [0, 0.05) is 12.7 Å². The van der Waals surface area contributed by atoms with Crippen LogP contribution in [0.25, 0.3) is 0 Å². The van der Waals surface area contributed by atoms with Crippen molar-refractivity contribution in [3.63, 3.8) is 0 Å². The summed E-state index contributed by atoms with van der Waals surface area (Å²) in [6.45, 7) is 1.80. The average molecular weight is 376 g/mol. The highest BCUT2D eigenvalue weighted by atomic mass is 79.9. The molecular formula is C17H18BrN3O2. The highest BCUT2D eigenvalue weighted by Crippen LogP contribution is 2.24. The Bertz CT molecular complexity index is 660. The van der Waals surface area contributed by atoms with Crippen LogP contribution in [-0.2, 0) is 6.42 Å². The predicted molar refractivity (Wildman–Crippen MR) is 91.5 cm³/mol. The Morgan fingerprint density at radius 2 is 2.04 bits per heavy atom. The van der Waals surface area contributed by atoms with E-state index in [-0.39, 0.29) is 12.1 Å². The maximum Gasteiger partial charge on any atom is 0.317 e. The van der Waals surface area contributed by atoms with Crippen LogP contribution in [0.15, 0.2) is 53.1 Å². The Morgan fingerprint density at radius 3 is 2.78 bits per heavy atom. The molecule has 2 heterocycles. The number of aromatic nitrogens is 1. The molecule has 120 valence electrons. The molecule has 1 aliphatic rings. The van der Waals surface area contributed by atoms with E-state index in [2.05, 4.69) is 38.4 Å². The number of amides is 2. The Morgan fingerprint density at radius 1 is 1.26 bits per heavy atom. The lowest BCUT2D eigenvalue weighted by molar-refractivity contribution is 0.0409. The van der Waals surface area contributed by atoms with Gasteiger partial charge in [-0.05, 0) is 40.0 Å². The Kier molecular flexibility index (Phi) is 5.12. The van der Waals surface area contributed by atoms with E-state index in [9.17, 15) is 4.79 Å². The SMILES string of the molecule is O=C(NCCc1ccccc1)N1CC(Oc2ncccc2Br)C1. The van der Waals surface area contributed by atoms with Crippen molar-refractivity contribution < 1.29 is 9.53 Å². The van der Waals surface area contributed by atoms with Crippen molar-refractivity contribution >= 4 is 22.0 Å². The molecule has 0 bridgehead atoms. The van der Waals surface area contributed by atoms with Crippen molar-refractivity contribution in [1.82, 2.24) is 15.2 Å². The van der Waals surface area contributed by atoms with Crippen molar-refractivity contribution in [2.75, 3.05) is 19.6 Å². The fraction of sp³-hybridized carbons (Fsp3) is 0.294. The van der Waals surface area contributed by atoms with Crippen LogP contribution in [0, 0.1) is 0 Å². The summed E-state index contributed by atoms with van der Waals surface area (Å²) in [5, 5.41) is 2.94. The number of ether oxygens (including phenoxy) is 1. The van der Waals surface area contributed by atoms with E-state index >= 15 is 0 Å². The second kappa shape index (κ2) is 7.46. The zero-order valence-corrected chi connectivity index (χ0v) is 14.2. The van der Waals surface area contributed by atoms with Crippen molar-refractivity contribution in [3.8, 4) is 5.88 Å². The zero-order chi connectivity index (χ0) is 16.1. The molecule has 1 fully saturated rings. The maximum atomic E-state index is 12.0. The molecule has 5 nitrogen and oxygen atoms in total. The number of urea groups is 1. The summed E-state index contributed by atoms with van der Waals surface area (Å²) in [5.74, 6) is 0.571. The predicted octanol–water partition coefficient (Wildman–Crippen LogP) is 2.86. The van der Waals surface area contributed by atoms with Crippen LogP contribution < -0.4 is 10.1 Å². The number of pyridine rings is 1. The van der Waals surface area contributed by atoms with Gasteiger partial charge in [-0.1, -0.05) is 30.3 Å². The number of halogens is 1. The van der Waals surface area contributed by atoms with Gasteiger partial charge in [-0.2, -0.15) is 0 Å². The lowest BCUT2D eigenvalue weighted by Crippen LogP contribution is -2.59. The third kappa shape index (κ3) is 4.22. The molecule has 1 N–H and O–H groups in total. The summed E-state index contributed by atoms with van der Waals surface area (Å²) in [5.41, 5.74) is 1.22. The van der Waals surface area contributed by atoms with E-state index in [1.807, 2.05) is 30.3 Å². The van der Waals surface area contributed by atoms with Gasteiger partial charge in [-0.15, -0.1) is 0 Å². The normalized spacial score (nSPS) is 14.2. The van der Waals surface area contributed by atoms with Crippen molar-refractivity contribution in [2.45, 2.75) is 12.5 Å². The smallest absolute Gasteiger partial charge is 0.317 e. The van der Waals surface area contributed by atoms with Crippen molar-refractivity contribution in [1.29, 1.82) is 0 Å². The second-order valence-corrected chi connectivity index (χ2v) is 6.26. The molecule has 0 radical (unpaired) electrons. The summed E-state index contributed by atoms with van der Waals surface area (Å²) in [6, 6.07) is 13.8. The van der Waals surface area contributed by atoms with E-state index in [0.29, 0.717) is 25.5 Å². The zero-order valence-electron chi connectivity index (χ0n) is 12.6. The number of nitrogens with one attached hydrogen (secondary N) is 1. The highest BCUT2D eigenvalue weighted by molar-refractivity contribution is 9.10. The molecule has 23 heavy (non-hydrogen) atoms. The number of carbonyl (C=O) groups is 1. The minimum atomic E-state index is -0.0409. The number of nitrogens with zero attached hydrogens (tertiary/aromatic N) is 2. The van der Waals surface area contributed by atoms with Gasteiger partial charge in [-0.3, -0.25) is 0 Å².